The normalized spacial score (nSPS) is 14.5. The van der Waals surface area contributed by atoms with E-state index in [2.05, 4.69) is 63.2 Å². The lowest BCUT2D eigenvalue weighted by Gasteiger charge is -2.28. The van der Waals surface area contributed by atoms with Crippen LogP contribution in [0.5, 0.6) is 0 Å². The van der Waals surface area contributed by atoms with Gasteiger partial charge in [0.05, 0.1) is 0 Å². The Bertz CT molecular complexity index is 630. The molecule has 3 rings (SSSR count). The summed E-state index contributed by atoms with van der Waals surface area (Å²) in [5.41, 5.74) is 2.37. The molecule has 2 aromatic rings. The van der Waals surface area contributed by atoms with Crippen LogP contribution in [0.2, 0.25) is 0 Å². The molecule has 1 aliphatic rings. The van der Waals surface area contributed by atoms with Crippen LogP contribution in [0.3, 0.4) is 0 Å². The van der Waals surface area contributed by atoms with Crippen molar-refractivity contribution in [2.45, 2.75) is 33.1 Å². The molecule has 0 aliphatic carbocycles. The number of anilines is 4. The van der Waals surface area contributed by atoms with Gasteiger partial charge >= 0.3 is 0 Å². The summed E-state index contributed by atoms with van der Waals surface area (Å²) < 4.78 is 0. The molecular formula is C19H27N5. The summed E-state index contributed by atoms with van der Waals surface area (Å²) in [6.07, 6.45) is 5.77. The van der Waals surface area contributed by atoms with Gasteiger partial charge in [0.25, 0.3) is 0 Å². The molecule has 1 aromatic heterocycles. The van der Waals surface area contributed by atoms with Crippen LogP contribution in [-0.2, 0) is 0 Å². The number of hydrogen-bond acceptors (Lipinski definition) is 5. The molecule has 24 heavy (non-hydrogen) atoms. The van der Waals surface area contributed by atoms with Gasteiger partial charge in [-0.2, -0.15) is 4.98 Å². The summed E-state index contributed by atoms with van der Waals surface area (Å²) >= 11 is 0. The first-order valence-electron chi connectivity index (χ1n) is 9.00. The maximum Gasteiger partial charge on any atom is 0.227 e. The van der Waals surface area contributed by atoms with Gasteiger partial charge in [0.2, 0.25) is 5.95 Å². The quantitative estimate of drug-likeness (QED) is 0.868. The zero-order chi connectivity index (χ0) is 16.8. The zero-order valence-corrected chi connectivity index (χ0v) is 14.7. The Morgan fingerprint density at radius 1 is 1.00 bits per heavy atom. The molecule has 0 radical (unpaired) electrons. The molecule has 2 heterocycles. The molecule has 5 nitrogen and oxygen atoms in total. The maximum absolute atomic E-state index is 4.62. The van der Waals surface area contributed by atoms with Gasteiger partial charge in [0, 0.05) is 43.8 Å². The largest absolute Gasteiger partial charge is 0.372 e. The average Bonchev–Trinajstić information content (AvgIpc) is 2.64. The second-order valence-electron chi connectivity index (χ2n) is 6.13. The number of benzene rings is 1. The molecule has 0 amide bonds. The molecule has 0 unspecified atom stereocenters. The van der Waals surface area contributed by atoms with Crippen molar-refractivity contribution in [2.75, 3.05) is 41.3 Å². The van der Waals surface area contributed by atoms with Crippen molar-refractivity contribution in [1.82, 2.24) is 9.97 Å². The molecule has 0 atom stereocenters. The Balaban J connectivity index is 1.68. The first kappa shape index (κ1) is 16.6. The van der Waals surface area contributed by atoms with Crippen LogP contribution < -0.4 is 15.1 Å². The van der Waals surface area contributed by atoms with Crippen molar-refractivity contribution in [3.05, 3.63) is 36.5 Å². The summed E-state index contributed by atoms with van der Waals surface area (Å²) in [4.78, 5) is 13.6. The molecular weight excluding hydrogens is 298 g/mol. The van der Waals surface area contributed by atoms with Gasteiger partial charge in [-0.25, -0.2) is 4.98 Å². The fraction of sp³-hybridized carbons (Fsp3) is 0.474. The molecule has 0 bridgehead atoms. The van der Waals surface area contributed by atoms with E-state index >= 15 is 0 Å². The van der Waals surface area contributed by atoms with Crippen LogP contribution >= 0.6 is 0 Å². The highest BCUT2D eigenvalue weighted by Gasteiger charge is 2.11. The van der Waals surface area contributed by atoms with E-state index in [9.17, 15) is 0 Å². The molecule has 1 aliphatic heterocycles. The standard InChI is InChI=1S/C19H27N5/c1-3-23(4-2)19-20-13-12-18(22-19)21-16-8-10-17(11-9-16)24-14-6-5-7-15-24/h8-13H,3-7,14-15H2,1-2H3,(H,20,21,22). The third-order valence-electron chi connectivity index (χ3n) is 4.55. The van der Waals surface area contributed by atoms with Gasteiger partial charge in [-0.05, 0) is 63.4 Å². The molecule has 1 saturated heterocycles. The molecule has 0 spiro atoms. The van der Waals surface area contributed by atoms with Gasteiger partial charge in [-0.15, -0.1) is 0 Å². The van der Waals surface area contributed by atoms with Crippen LogP contribution in [0.4, 0.5) is 23.1 Å². The number of hydrogen-bond donors (Lipinski definition) is 1. The lowest BCUT2D eigenvalue weighted by Crippen LogP contribution is -2.29. The minimum Gasteiger partial charge on any atom is -0.372 e. The van der Waals surface area contributed by atoms with E-state index in [-0.39, 0.29) is 0 Å². The fourth-order valence-electron chi connectivity index (χ4n) is 3.13. The van der Waals surface area contributed by atoms with Crippen molar-refractivity contribution in [3.8, 4) is 0 Å². The van der Waals surface area contributed by atoms with E-state index in [1.165, 1.54) is 38.0 Å². The van der Waals surface area contributed by atoms with Crippen LogP contribution in [0.25, 0.3) is 0 Å². The lowest BCUT2D eigenvalue weighted by atomic mass is 10.1. The number of nitrogens with one attached hydrogen (secondary N) is 1. The Kier molecular flexibility index (Phi) is 5.51. The minimum absolute atomic E-state index is 0.773. The SMILES string of the molecule is CCN(CC)c1nccc(Nc2ccc(N3CCCCC3)cc2)n1. The summed E-state index contributed by atoms with van der Waals surface area (Å²) in [7, 11) is 0. The highest BCUT2D eigenvalue weighted by atomic mass is 15.3. The molecule has 1 fully saturated rings. The Labute approximate surface area is 144 Å². The monoisotopic (exact) mass is 325 g/mol. The van der Waals surface area contributed by atoms with Crippen molar-refractivity contribution in [2.24, 2.45) is 0 Å². The summed E-state index contributed by atoms with van der Waals surface area (Å²) in [5, 5.41) is 3.38. The lowest BCUT2D eigenvalue weighted by molar-refractivity contribution is 0.578. The number of aromatic nitrogens is 2. The maximum atomic E-state index is 4.62. The van der Waals surface area contributed by atoms with Gasteiger partial charge in [0.1, 0.15) is 5.82 Å². The van der Waals surface area contributed by atoms with E-state index in [0.717, 1.165) is 30.5 Å². The van der Waals surface area contributed by atoms with Crippen LogP contribution in [0.1, 0.15) is 33.1 Å². The van der Waals surface area contributed by atoms with Gasteiger partial charge < -0.3 is 15.1 Å². The van der Waals surface area contributed by atoms with Gasteiger partial charge in [-0.1, -0.05) is 0 Å². The Morgan fingerprint density at radius 3 is 2.38 bits per heavy atom. The molecule has 1 N–H and O–H groups in total. The number of rotatable bonds is 6. The topological polar surface area (TPSA) is 44.3 Å². The predicted octanol–water partition coefficient (Wildman–Crippen LogP) is 4.06. The van der Waals surface area contributed by atoms with E-state index in [1.54, 1.807) is 0 Å². The van der Waals surface area contributed by atoms with Crippen LogP contribution in [-0.4, -0.2) is 36.1 Å². The first-order chi connectivity index (χ1) is 11.8. The van der Waals surface area contributed by atoms with E-state index in [4.69, 9.17) is 0 Å². The average molecular weight is 325 g/mol. The van der Waals surface area contributed by atoms with Crippen molar-refractivity contribution < 1.29 is 0 Å². The third-order valence-corrected chi connectivity index (χ3v) is 4.55. The highest BCUT2D eigenvalue weighted by Crippen LogP contribution is 2.23. The number of piperidine rings is 1. The third kappa shape index (κ3) is 3.96. The summed E-state index contributed by atoms with van der Waals surface area (Å²) in [5.74, 6) is 1.60. The second-order valence-corrected chi connectivity index (χ2v) is 6.13. The molecule has 1 aromatic carbocycles. The van der Waals surface area contributed by atoms with Crippen molar-refractivity contribution in [1.29, 1.82) is 0 Å². The van der Waals surface area contributed by atoms with E-state index in [0.29, 0.717) is 0 Å². The predicted molar refractivity (Wildman–Crippen MR) is 101 cm³/mol. The van der Waals surface area contributed by atoms with Crippen LogP contribution in [0, 0.1) is 0 Å². The van der Waals surface area contributed by atoms with Gasteiger partial charge in [-0.3, -0.25) is 0 Å². The smallest absolute Gasteiger partial charge is 0.227 e. The van der Waals surface area contributed by atoms with E-state index < -0.39 is 0 Å². The molecule has 5 heteroatoms. The fourth-order valence-corrected chi connectivity index (χ4v) is 3.13. The second kappa shape index (κ2) is 7.99. The molecule has 128 valence electrons. The zero-order valence-electron chi connectivity index (χ0n) is 14.7. The van der Waals surface area contributed by atoms with Crippen LogP contribution in [0.15, 0.2) is 36.5 Å². The highest BCUT2D eigenvalue weighted by molar-refractivity contribution is 5.61. The van der Waals surface area contributed by atoms with Crippen molar-refractivity contribution >= 4 is 23.1 Å². The van der Waals surface area contributed by atoms with Crippen molar-refractivity contribution in [3.63, 3.8) is 0 Å². The van der Waals surface area contributed by atoms with E-state index in [1.807, 2.05) is 12.3 Å². The summed E-state index contributed by atoms with van der Waals surface area (Å²) in [6.45, 7) is 8.39. The Morgan fingerprint density at radius 2 is 1.71 bits per heavy atom. The Hall–Kier alpha value is -2.30. The van der Waals surface area contributed by atoms with Gasteiger partial charge in [0.15, 0.2) is 0 Å². The summed E-state index contributed by atoms with van der Waals surface area (Å²) in [6, 6.07) is 10.6. The minimum atomic E-state index is 0.773. The molecule has 0 saturated carbocycles. The number of nitrogens with zero attached hydrogens (tertiary/aromatic N) is 4. The first-order valence-corrected chi connectivity index (χ1v) is 9.00.